The average molecular weight is 865 g/mol. The molecule has 0 spiro atoms. The van der Waals surface area contributed by atoms with E-state index in [2.05, 4.69) is 5.32 Å². The van der Waals surface area contributed by atoms with Crippen LogP contribution in [0.1, 0.15) is 39.0 Å². The van der Waals surface area contributed by atoms with Crippen LogP contribution in [-0.4, -0.2) is 137 Å². The zero-order valence-electron chi connectivity index (χ0n) is 34.6. The van der Waals surface area contributed by atoms with Crippen LogP contribution in [-0.2, 0) is 45.5 Å². The van der Waals surface area contributed by atoms with Crippen molar-refractivity contribution in [2.24, 2.45) is 0 Å². The molecule has 15 heteroatoms. The molecule has 0 saturated carbocycles. The summed E-state index contributed by atoms with van der Waals surface area (Å²) in [6, 6.07) is 33.7. The van der Waals surface area contributed by atoms with E-state index in [9.17, 15) is 39.9 Å². The van der Waals surface area contributed by atoms with Crippen LogP contribution in [0.15, 0.2) is 133 Å². The third-order valence-electron chi connectivity index (χ3n) is 11.4. The first kappa shape index (κ1) is 45.4. The third kappa shape index (κ3) is 10.1. The highest BCUT2D eigenvalue weighted by atomic mass is 16.8. The van der Waals surface area contributed by atoms with Gasteiger partial charge in [0.15, 0.2) is 6.29 Å². The van der Waals surface area contributed by atoms with Gasteiger partial charge < -0.3 is 59.4 Å². The number of nitrogens with zero attached hydrogens (tertiary/aromatic N) is 1. The molecule has 1 aliphatic carbocycles. The first-order valence-electron chi connectivity index (χ1n) is 20.8. The number of aliphatic hydroxyl groups is 5. The number of carbonyl (C=O) groups is 3. The van der Waals surface area contributed by atoms with Gasteiger partial charge in [0.1, 0.15) is 48.8 Å². The highest BCUT2D eigenvalue weighted by molar-refractivity contribution is 5.98. The second-order valence-electron chi connectivity index (χ2n) is 15.5. The lowest BCUT2D eigenvalue weighted by Crippen LogP contribution is -2.59. The topological polar surface area (TPSA) is 214 Å². The van der Waals surface area contributed by atoms with Gasteiger partial charge in [-0.15, -0.1) is 0 Å². The Morgan fingerprint density at radius 2 is 1.48 bits per heavy atom. The van der Waals surface area contributed by atoms with E-state index < -0.39 is 85.2 Å². The number of hydrogen-bond acceptors (Lipinski definition) is 13. The molecule has 3 aliphatic rings. The van der Waals surface area contributed by atoms with Gasteiger partial charge in [0.2, 0.25) is 17.6 Å². The Morgan fingerprint density at radius 3 is 2.13 bits per heavy atom. The summed E-state index contributed by atoms with van der Waals surface area (Å²) in [5.41, 5.74) is 3.05. The summed E-state index contributed by atoms with van der Waals surface area (Å²) < 4.78 is 31.1. The number of aliphatic hydroxyl groups excluding tert-OH is 5. The number of hydrogen-bond donors (Lipinski definition) is 6. The van der Waals surface area contributed by atoms with Gasteiger partial charge in [-0.05, 0) is 23.3 Å². The number of ether oxygens (including phenoxy) is 5. The fraction of sp³-hybridized carbons (Fsp3) is 0.354. The molecular weight excluding hydrogens is 813 g/mol. The minimum atomic E-state index is -1.60. The summed E-state index contributed by atoms with van der Waals surface area (Å²) in [4.78, 5) is 43.8. The number of carbonyl (C=O) groups excluding carboxylic acids is 3. The van der Waals surface area contributed by atoms with Crippen LogP contribution in [0, 0.1) is 0 Å². The van der Waals surface area contributed by atoms with E-state index in [0.717, 1.165) is 5.56 Å². The van der Waals surface area contributed by atoms with Crippen LogP contribution >= 0.6 is 0 Å². The summed E-state index contributed by atoms with van der Waals surface area (Å²) in [7, 11) is 1.54. The van der Waals surface area contributed by atoms with Crippen molar-refractivity contribution >= 4 is 23.9 Å². The molecule has 7 rings (SSSR count). The van der Waals surface area contributed by atoms with Crippen molar-refractivity contribution < 1.29 is 63.6 Å². The molecular formula is C48H52N2O13. The predicted octanol–water partition coefficient (Wildman–Crippen LogP) is 2.24. The zero-order chi connectivity index (χ0) is 44.5. The quantitative estimate of drug-likeness (QED) is 0.0894. The lowest BCUT2D eigenvalue weighted by atomic mass is 9.90. The fourth-order valence-electron chi connectivity index (χ4n) is 8.05. The van der Waals surface area contributed by atoms with Gasteiger partial charge in [0.05, 0.1) is 25.4 Å². The van der Waals surface area contributed by atoms with Gasteiger partial charge in [0.25, 0.3) is 0 Å². The van der Waals surface area contributed by atoms with E-state index >= 15 is 0 Å². The summed E-state index contributed by atoms with van der Waals surface area (Å²) in [5, 5.41) is 52.3. The molecule has 6 N–H and O–H groups in total. The number of rotatable bonds is 16. The highest BCUT2D eigenvalue weighted by Crippen LogP contribution is 2.47. The number of likely N-dealkylation sites (N-methyl/N-ethyl adjacent to an activating group) is 1. The number of esters is 1. The predicted molar refractivity (Wildman–Crippen MR) is 227 cm³/mol. The molecule has 2 amide bonds. The monoisotopic (exact) mass is 864 g/mol. The molecule has 332 valence electrons. The maximum atomic E-state index is 14.6. The van der Waals surface area contributed by atoms with Crippen molar-refractivity contribution in [3.8, 4) is 0 Å². The average Bonchev–Trinajstić information content (AvgIpc) is 3.73. The van der Waals surface area contributed by atoms with Crippen molar-refractivity contribution in [2.75, 3.05) is 33.4 Å². The summed E-state index contributed by atoms with van der Waals surface area (Å²) >= 11 is 0. The Hall–Kier alpha value is -5.59. The number of amides is 2. The fourth-order valence-corrected chi connectivity index (χ4v) is 8.05. The Bertz CT molecular complexity index is 2180. The zero-order valence-corrected chi connectivity index (χ0v) is 34.6. The molecule has 2 saturated heterocycles. The second-order valence-corrected chi connectivity index (χ2v) is 15.5. The summed E-state index contributed by atoms with van der Waals surface area (Å²) in [5.74, 6) is -3.11. The largest absolute Gasteiger partial charge is 0.456 e. The molecule has 2 heterocycles. The minimum absolute atomic E-state index is 0.00476. The van der Waals surface area contributed by atoms with E-state index in [0.29, 0.717) is 16.7 Å². The molecule has 2 fully saturated rings. The SMILES string of the molecule is CN(C(=O)C1=C[C@H]2OC(c3ccccc3)(c3ccccc3)O[C@H]2[C@H](OC(=O)c2ccccc2C=CCO[C@H]2O[C@H](CO)[C@H](O)[C@H](O)[C@H]2O)C1)[C@H](Cc1ccccc1)C(=O)NCCO. The standard InChI is InChI=1S/C48H52N2O13/c1-50(36(44(56)49-23-24-51)26-30-14-5-2-6-15-30)45(57)32-27-37(43-38(28-32)62-48(63-43,33-18-7-3-8-19-33)34-20-9-4-10-21-34)60-46(58)35-22-12-11-16-31(35)17-13-25-59-47-42(55)41(54)40(53)39(29-52)61-47/h2-22,28,36-43,47,51-55H,23-27,29H2,1H3,(H,49,56)/t36-,37-,38-,39-,40+,41+,42-,43+,47+/m1/s1. The van der Waals surface area contributed by atoms with Gasteiger partial charge in [0, 0.05) is 43.1 Å². The molecule has 2 aliphatic heterocycles. The normalized spacial score (nSPS) is 25.7. The van der Waals surface area contributed by atoms with Gasteiger partial charge in [-0.1, -0.05) is 121 Å². The minimum Gasteiger partial charge on any atom is -0.456 e. The van der Waals surface area contributed by atoms with Crippen LogP contribution in [0.3, 0.4) is 0 Å². The van der Waals surface area contributed by atoms with Crippen molar-refractivity contribution in [1.29, 1.82) is 0 Å². The van der Waals surface area contributed by atoms with Crippen molar-refractivity contribution in [2.45, 2.75) is 73.7 Å². The van der Waals surface area contributed by atoms with Crippen LogP contribution in [0.5, 0.6) is 0 Å². The Balaban J connectivity index is 1.17. The van der Waals surface area contributed by atoms with Crippen LogP contribution in [0.4, 0.5) is 0 Å². The lowest BCUT2D eigenvalue weighted by molar-refractivity contribution is -0.298. The smallest absolute Gasteiger partial charge is 0.339 e. The molecule has 4 aromatic rings. The van der Waals surface area contributed by atoms with Gasteiger partial charge in [-0.25, -0.2) is 4.79 Å². The van der Waals surface area contributed by atoms with Gasteiger partial charge in [-0.2, -0.15) is 0 Å². The van der Waals surface area contributed by atoms with Crippen LogP contribution < -0.4 is 5.32 Å². The maximum absolute atomic E-state index is 14.6. The molecule has 0 bridgehead atoms. The summed E-state index contributed by atoms with van der Waals surface area (Å²) in [6.07, 6.45) is -5.07. The second kappa shape index (κ2) is 20.7. The van der Waals surface area contributed by atoms with E-state index in [-0.39, 0.29) is 43.7 Å². The molecule has 63 heavy (non-hydrogen) atoms. The maximum Gasteiger partial charge on any atom is 0.339 e. The Labute approximate surface area is 364 Å². The molecule has 0 radical (unpaired) electrons. The van der Waals surface area contributed by atoms with E-state index in [1.807, 2.05) is 91.0 Å². The molecule has 9 atom stereocenters. The Morgan fingerprint density at radius 1 is 0.841 bits per heavy atom. The first-order valence-corrected chi connectivity index (χ1v) is 20.8. The van der Waals surface area contributed by atoms with E-state index in [1.165, 1.54) is 11.9 Å². The molecule has 0 unspecified atom stereocenters. The molecule has 4 aromatic carbocycles. The molecule has 0 aromatic heterocycles. The Kier molecular flexibility index (Phi) is 14.9. The van der Waals surface area contributed by atoms with Crippen LogP contribution in [0.25, 0.3) is 6.08 Å². The lowest BCUT2D eigenvalue weighted by Gasteiger charge is -2.39. The van der Waals surface area contributed by atoms with Gasteiger partial charge in [-0.3, -0.25) is 9.59 Å². The van der Waals surface area contributed by atoms with E-state index in [1.54, 1.807) is 42.5 Å². The highest BCUT2D eigenvalue weighted by Gasteiger charge is 2.55. The van der Waals surface area contributed by atoms with Gasteiger partial charge >= 0.3 is 5.97 Å². The van der Waals surface area contributed by atoms with Crippen molar-refractivity contribution in [3.05, 3.63) is 161 Å². The number of benzene rings is 4. The van der Waals surface area contributed by atoms with Crippen molar-refractivity contribution in [3.63, 3.8) is 0 Å². The summed E-state index contributed by atoms with van der Waals surface area (Å²) in [6.45, 7) is -1.02. The number of nitrogens with one attached hydrogen (secondary N) is 1. The number of fused-ring (bicyclic) bond motifs is 1. The van der Waals surface area contributed by atoms with Crippen molar-refractivity contribution in [1.82, 2.24) is 10.2 Å². The van der Waals surface area contributed by atoms with Crippen LogP contribution in [0.2, 0.25) is 0 Å². The third-order valence-corrected chi connectivity index (χ3v) is 11.4. The first-order chi connectivity index (χ1) is 30.5. The van der Waals surface area contributed by atoms with E-state index in [4.69, 9.17) is 23.7 Å². The molecule has 15 nitrogen and oxygen atoms in total.